The van der Waals surface area contributed by atoms with Crippen molar-refractivity contribution in [2.45, 2.75) is 0 Å². The number of nitrogens with one attached hydrogen (secondary N) is 2. The van der Waals surface area contributed by atoms with Gasteiger partial charge in [0.1, 0.15) is 5.75 Å². The first-order chi connectivity index (χ1) is 13.5. The maximum atomic E-state index is 12.2. The van der Waals surface area contributed by atoms with Gasteiger partial charge in [-0.3, -0.25) is 9.59 Å². The zero-order chi connectivity index (χ0) is 19.9. The third-order valence-electron chi connectivity index (χ3n) is 3.69. The Hall–Kier alpha value is -2.64. The SMILES string of the molecule is O=C(COc1ccc(Br)cc1Br)Nc1cccc(NC(=O)c2ccccc2)c1. The first-order valence-electron chi connectivity index (χ1n) is 8.35. The van der Waals surface area contributed by atoms with Gasteiger partial charge in [-0.2, -0.15) is 0 Å². The van der Waals surface area contributed by atoms with Crippen LogP contribution in [-0.2, 0) is 4.79 Å². The van der Waals surface area contributed by atoms with Crippen molar-refractivity contribution >= 4 is 55.0 Å². The predicted molar refractivity (Wildman–Crippen MR) is 117 cm³/mol. The van der Waals surface area contributed by atoms with Crippen LogP contribution in [0.25, 0.3) is 0 Å². The number of carbonyl (C=O) groups is 2. The maximum absolute atomic E-state index is 12.2. The van der Waals surface area contributed by atoms with Gasteiger partial charge in [-0.1, -0.05) is 40.2 Å². The third kappa shape index (κ3) is 5.68. The lowest BCUT2D eigenvalue weighted by molar-refractivity contribution is -0.118. The molecule has 3 aromatic rings. The van der Waals surface area contributed by atoms with Crippen molar-refractivity contribution in [3.63, 3.8) is 0 Å². The van der Waals surface area contributed by atoms with Crippen molar-refractivity contribution in [2.24, 2.45) is 0 Å². The summed E-state index contributed by atoms with van der Waals surface area (Å²) in [6.45, 7) is -0.138. The summed E-state index contributed by atoms with van der Waals surface area (Å²) in [6, 6.07) is 21.3. The van der Waals surface area contributed by atoms with Crippen LogP contribution in [0.3, 0.4) is 0 Å². The Morgan fingerprint density at radius 3 is 2.25 bits per heavy atom. The van der Waals surface area contributed by atoms with Gasteiger partial charge in [0.05, 0.1) is 4.47 Å². The molecule has 0 radical (unpaired) electrons. The number of hydrogen-bond donors (Lipinski definition) is 2. The fourth-order valence-corrected chi connectivity index (χ4v) is 3.56. The smallest absolute Gasteiger partial charge is 0.262 e. The highest BCUT2D eigenvalue weighted by molar-refractivity contribution is 9.11. The fourth-order valence-electron chi connectivity index (χ4n) is 2.40. The molecule has 0 fully saturated rings. The molecule has 5 nitrogen and oxygen atoms in total. The Labute approximate surface area is 179 Å². The second-order valence-electron chi connectivity index (χ2n) is 5.81. The summed E-state index contributed by atoms with van der Waals surface area (Å²) in [5.41, 5.74) is 1.71. The average Bonchev–Trinajstić information content (AvgIpc) is 2.68. The predicted octanol–water partition coefficient (Wildman–Crippen LogP) is 5.48. The standard InChI is InChI=1S/C21H16Br2N2O3/c22-15-9-10-19(18(23)11-15)28-13-20(26)24-16-7-4-8-17(12-16)25-21(27)14-5-2-1-3-6-14/h1-12H,13H2,(H,24,26)(H,25,27). The molecule has 0 heterocycles. The van der Waals surface area contributed by atoms with Gasteiger partial charge in [0.25, 0.3) is 11.8 Å². The lowest BCUT2D eigenvalue weighted by atomic mass is 10.2. The number of hydrogen-bond acceptors (Lipinski definition) is 3. The summed E-state index contributed by atoms with van der Waals surface area (Å²) in [5.74, 6) is 0.0519. The Kier molecular flexibility index (Phi) is 6.84. The lowest BCUT2D eigenvalue weighted by Gasteiger charge is -2.11. The van der Waals surface area contributed by atoms with Crippen LogP contribution in [0, 0.1) is 0 Å². The van der Waals surface area contributed by atoms with E-state index in [4.69, 9.17) is 4.74 Å². The molecule has 0 aliphatic rings. The molecular formula is C21H16Br2N2O3. The van der Waals surface area contributed by atoms with Gasteiger partial charge in [0.15, 0.2) is 6.61 Å². The number of halogens is 2. The molecule has 0 saturated carbocycles. The van der Waals surface area contributed by atoms with Gasteiger partial charge >= 0.3 is 0 Å². The van der Waals surface area contributed by atoms with E-state index in [1.807, 2.05) is 18.2 Å². The number of rotatable bonds is 6. The van der Waals surface area contributed by atoms with Crippen LogP contribution in [0.15, 0.2) is 81.7 Å². The Bertz CT molecular complexity index is 994. The van der Waals surface area contributed by atoms with E-state index in [-0.39, 0.29) is 18.4 Å². The van der Waals surface area contributed by atoms with Crippen molar-refractivity contribution in [1.29, 1.82) is 0 Å². The molecule has 0 atom stereocenters. The fraction of sp³-hybridized carbons (Fsp3) is 0.0476. The van der Waals surface area contributed by atoms with Crippen molar-refractivity contribution < 1.29 is 14.3 Å². The van der Waals surface area contributed by atoms with Crippen LogP contribution in [0.4, 0.5) is 11.4 Å². The van der Waals surface area contributed by atoms with Gasteiger partial charge in [0.2, 0.25) is 0 Å². The van der Waals surface area contributed by atoms with Crippen molar-refractivity contribution in [2.75, 3.05) is 17.2 Å². The normalized spacial score (nSPS) is 10.2. The van der Waals surface area contributed by atoms with Gasteiger partial charge < -0.3 is 15.4 Å². The minimum atomic E-state index is -0.304. The molecule has 0 aliphatic heterocycles. The van der Waals surface area contributed by atoms with Gasteiger partial charge in [0, 0.05) is 21.4 Å². The number of amides is 2. The molecule has 0 spiro atoms. The van der Waals surface area contributed by atoms with Crippen molar-refractivity contribution in [1.82, 2.24) is 0 Å². The maximum Gasteiger partial charge on any atom is 0.262 e. The van der Waals surface area contributed by atoms with Crippen LogP contribution in [0.2, 0.25) is 0 Å². The minimum absolute atomic E-state index is 0.138. The zero-order valence-electron chi connectivity index (χ0n) is 14.6. The van der Waals surface area contributed by atoms with E-state index in [0.29, 0.717) is 22.7 Å². The summed E-state index contributed by atoms with van der Waals surface area (Å²) in [6.07, 6.45) is 0. The Balaban J connectivity index is 1.57. The molecular weight excluding hydrogens is 488 g/mol. The highest BCUT2D eigenvalue weighted by Gasteiger charge is 2.09. The molecule has 28 heavy (non-hydrogen) atoms. The molecule has 0 aliphatic carbocycles. The van der Waals surface area contributed by atoms with Crippen LogP contribution in [0.1, 0.15) is 10.4 Å². The highest BCUT2D eigenvalue weighted by atomic mass is 79.9. The quantitative estimate of drug-likeness (QED) is 0.468. The lowest BCUT2D eigenvalue weighted by Crippen LogP contribution is -2.20. The van der Waals surface area contributed by atoms with E-state index >= 15 is 0 Å². The largest absolute Gasteiger partial charge is 0.483 e. The summed E-state index contributed by atoms with van der Waals surface area (Å²) < 4.78 is 7.19. The zero-order valence-corrected chi connectivity index (χ0v) is 17.8. The van der Waals surface area contributed by atoms with Gasteiger partial charge in [-0.05, 0) is 64.5 Å². The second-order valence-corrected chi connectivity index (χ2v) is 7.58. The number of carbonyl (C=O) groups excluding carboxylic acids is 2. The van der Waals surface area contributed by atoms with E-state index in [1.165, 1.54) is 0 Å². The Morgan fingerprint density at radius 2 is 1.54 bits per heavy atom. The monoisotopic (exact) mass is 502 g/mol. The van der Waals surface area contributed by atoms with Crippen molar-refractivity contribution in [3.8, 4) is 5.75 Å². The molecule has 3 aromatic carbocycles. The molecule has 0 saturated heterocycles. The third-order valence-corrected chi connectivity index (χ3v) is 4.81. The van der Waals surface area contributed by atoms with E-state index in [1.54, 1.807) is 54.6 Å². The number of anilines is 2. The molecule has 3 rings (SSSR count). The number of ether oxygens (including phenoxy) is 1. The van der Waals surface area contributed by atoms with E-state index in [0.717, 1.165) is 8.95 Å². The molecule has 0 aromatic heterocycles. The van der Waals surface area contributed by atoms with Gasteiger partial charge in [-0.15, -0.1) is 0 Å². The van der Waals surface area contributed by atoms with E-state index in [9.17, 15) is 9.59 Å². The van der Waals surface area contributed by atoms with E-state index in [2.05, 4.69) is 42.5 Å². The minimum Gasteiger partial charge on any atom is -0.483 e. The van der Waals surface area contributed by atoms with E-state index < -0.39 is 0 Å². The van der Waals surface area contributed by atoms with Crippen LogP contribution in [0.5, 0.6) is 5.75 Å². The summed E-state index contributed by atoms with van der Waals surface area (Å²) in [4.78, 5) is 24.4. The molecule has 0 bridgehead atoms. The molecule has 0 unspecified atom stereocenters. The number of benzene rings is 3. The average molecular weight is 504 g/mol. The van der Waals surface area contributed by atoms with Gasteiger partial charge in [-0.25, -0.2) is 0 Å². The molecule has 2 amide bonds. The molecule has 2 N–H and O–H groups in total. The van der Waals surface area contributed by atoms with Crippen molar-refractivity contribution in [3.05, 3.63) is 87.3 Å². The van der Waals surface area contributed by atoms with Crippen LogP contribution < -0.4 is 15.4 Å². The topological polar surface area (TPSA) is 67.4 Å². The second kappa shape index (κ2) is 9.52. The molecule has 7 heteroatoms. The first kappa shape index (κ1) is 20.1. The highest BCUT2D eigenvalue weighted by Crippen LogP contribution is 2.28. The summed E-state index contributed by atoms with van der Waals surface area (Å²) >= 11 is 6.75. The Morgan fingerprint density at radius 1 is 0.821 bits per heavy atom. The molecule has 142 valence electrons. The first-order valence-corrected chi connectivity index (χ1v) is 9.94. The summed E-state index contributed by atoms with van der Waals surface area (Å²) in [7, 11) is 0. The van der Waals surface area contributed by atoms with Crippen LogP contribution >= 0.6 is 31.9 Å². The summed E-state index contributed by atoms with van der Waals surface area (Å²) in [5, 5.41) is 5.57. The van der Waals surface area contributed by atoms with Crippen LogP contribution in [-0.4, -0.2) is 18.4 Å².